The molecule has 2 aliphatic heterocycles. The Bertz CT molecular complexity index is 1510. The van der Waals surface area contributed by atoms with Gasteiger partial charge in [0, 0.05) is 74.5 Å². The minimum atomic E-state index is -3.09. The number of pyridine rings is 1. The van der Waals surface area contributed by atoms with Gasteiger partial charge in [0.25, 0.3) is 18.3 Å². The maximum atomic E-state index is 15.9. The molecule has 0 radical (unpaired) electrons. The van der Waals surface area contributed by atoms with Crippen molar-refractivity contribution in [2.75, 3.05) is 43.4 Å². The normalized spacial score (nSPS) is 22.4. The van der Waals surface area contributed by atoms with Crippen LogP contribution in [-0.2, 0) is 4.74 Å². The topological polar surface area (TPSA) is 98.0 Å². The number of likely N-dealkylation sites (N-methyl/N-ethyl adjacent to an activating group) is 1. The van der Waals surface area contributed by atoms with Crippen molar-refractivity contribution in [3.05, 3.63) is 63.3 Å². The van der Waals surface area contributed by atoms with Gasteiger partial charge in [-0.2, -0.15) is 0 Å². The molecule has 1 aromatic carbocycles. The number of piperazine rings is 1. The summed E-state index contributed by atoms with van der Waals surface area (Å²) in [5, 5.41) is 2.65. The number of carbonyl (C=O) groups excluding carboxylic acids is 2. The summed E-state index contributed by atoms with van der Waals surface area (Å²) in [6, 6.07) is 3.48. The van der Waals surface area contributed by atoms with Crippen LogP contribution in [-0.4, -0.2) is 84.1 Å². The lowest BCUT2D eigenvalue weighted by molar-refractivity contribution is -0.147. The van der Waals surface area contributed by atoms with Crippen molar-refractivity contribution >= 4 is 28.9 Å². The predicted molar refractivity (Wildman–Crippen MR) is 154 cm³/mol. The average Bonchev–Trinajstić information content (AvgIpc) is 2.95. The van der Waals surface area contributed by atoms with Crippen molar-refractivity contribution in [2.45, 2.75) is 63.6 Å². The molecule has 1 saturated carbocycles. The molecule has 2 amide bonds. The van der Waals surface area contributed by atoms with E-state index in [9.17, 15) is 31.9 Å². The number of rotatable bonds is 6. The van der Waals surface area contributed by atoms with Gasteiger partial charge in [0.1, 0.15) is 11.9 Å². The zero-order chi connectivity index (χ0) is 31.9. The van der Waals surface area contributed by atoms with Crippen molar-refractivity contribution in [2.24, 2.45) is 0 Å². The summed E-state index contributed by atoms with van der Waals surface area (Å²) in [4.78, 5) is 45.3. The molecule has 14 heteroatoms. The van der Waals surface area contributed by atoms with E-state index in [1.807, 2.05) is 25.8 Å². The number of ether oxygens (including phenoxy) is 1. The number of H-pyrrole nitrogens is 1. The number of benzene rings is 1. The predicted octanol–water partition coefficient (Wildman–Crippen LogP) is 5.26. The Morgan fingerprint density at radius 2 is 1.80 bits per heavy atom. The monoisotopic (exact) mass is 623 g/mol. The summed E-state index contributed by atoms with van der Waals surface area (Å²) in [5.74, 6) is -4.41. The van der Waals surface area contributed by atoms with Gasteiger partial charge in [-0.25, -0.2) is 26.7 Å². The molecule has 0 unspecified atom stereocenters. The number of anilines is 2. The summed E-state index contributed by atoms with van der Waals surface area (Å²) < 4.78 is 74.9. The second-order valence-corrected chi connectivity index (χ2v) is 11.7. The fraction of sp³-hybridized carbons (Fsp3) is 0.500. The minimum Gasteiger partial charge on any atom is -0.446 e. The van der Waals surface area contributed by atoms with E-state index in [2.05, 4.69) is 15.2 Å². The van der Waals surface area contributed by atoms with Gasteiger partial charge in [-0.1, -0.05) is 6.08 Å². The zero-order valence-corrected chi connectivity index (χ0v) is 24.5. The number of carbonyl (C=O) groups is 2. The van der Waals surface area contributed by atoms with Crippen LogP contribution >= 0.6 is 0 Å². The summed E-state index contributed by atoms with van der Waals surface area (Å²) in [6.45, 7) is 5.17. The molecule has 3 heterocycles. The van der Waals surface area contributed by atoms with Crippen molar-refractivity contribution < 1.29 is 36.3 Å². The van der Waals surface area contributed by atoms with Crippen molar-refractivity contribution in [1.82, 2.24) is 14.8 Å². The molecule has 2 atom stereocenters. The molecule has 0 bridgehead atoms. The van der Waals surface area contributed by atoms with E-state index in [0.717, 1.165) is 6.20 Å². The van der Waals surface area contributed by atoms with Crippen LogP contribution in [0.15, 0.2) is 35.3 Å². The minimum absolute atomic E-state index is 0.0658. The molecule has 1 aromatic heterocycles. The molecule has 238 valence electrons. The first-order chi connectivity index (χ1) is 20.7. The molecule has 2 N–H and O–H groups in total. The van der Waals surface area contributed by atoms with Gasteiger partial charge >= 0.3 is 6.09 Å². The molecule has 1 aliphatic carbocycles. The Morgan fingerprint density at radius 1 is 1.11 bits per heavy atom. The molecule has 3 aliphatic rings. The van der Waals surface area contributed by atoms with Crippen LogP contribution < -0.4 is 15.8 Å². The Morgan fingerprint density at radius 3 is 2.43 bits per heavy atom. The third kappa shape index (κ3) is 6.59. The van der Waals surface area contributed by atoms with Crippen molar-refractivity contribution in [1.29, 1.82) is 0 Å². The maximum absolute atomic E-state index is 15.9. The van der Waals surface area contributed by atoms with Crippen LogP contribution in [0.1, 0.15) is 61.0 Å². The van der Waals surface area contributed by atoms with Crippen molar-refractivity contribution in [3.8, 4) is 0 Å². The van der Waals surface area contributed by atoms with Crippen molar-refractivity contribution in [3.63, 3.8) is 0 Å². The lowest BCUT2D eigenvalue weighted by atomic mass is 9.91. The standard InChI is InChI=1S/C30H34F5N5O4/c1-16-13-40(14-17(2)38(16)3)25-9-23(31)20(7-24(25)37-28(42)22-12-36-26(41)8-21(22)27(32)33)18-5-4-6-39(15-18)29(43)44-19-10-30(34,35)11-19/h5,7-9,12,16-17,19,27H,4,6,10-11,13-15H2,1-3H3,(H,36,41)(H,37,42)/t16-,17+. The Labute approximate surface area is 250 Å². The second kappa shape index (κ2) is 12.2. The van der Waals surface area contributed by atoms with Gasteiger partial charge in [-0.3, -0.25) is 14.5 Å². The number of hydrogen-bond acceptors (Lipinski definition) is 6. The van der Waals surface area contributed by atoms with Crippen LogP contribution in [0, 0.1) is 5.82 Å². The van der Waals surface area contributed by atoms with Gasteiger partial charge in [0.2, 0.25) is 5.56 Å². The lowest BCUT2D eigenvalue weighted by Gasteiger charge is -2.44. The van der Waals surface area contributed by atoms with E-state index in [4.69, 9.17) is 4.74 Å². The Balaban J connectivity index is 1.46. The summed E-state index contributed by atoms with van der Waals surface area (Å²) in [5.41, 5.74) is -1.01. The summed E-state index contributed by atoms with van der Waals surface area (Å²) in [7, 11) is 1.98. The summed E-state index contributed by atoms with van der Waals surface area (Å²) in [6.07, 6.45) is -2.85. The van der Waals surface area contributed by atoms with Crippen LogP contribution in [0.25, 0.3) is 5.57 Å². The molecule has 1 saturated heterocycles. The highest BCUT2D eigenvalue weighted by molar-refractivity contribution is 6.07. The highest BCUT2D eigenvalue weighted by atomic mass is 19.3. The Kier molecular flexibility index (Phi) is 8.74. The van der Waals surface area contributed by atoms with Gasteiger partial charge in [0.05, 0.1) is 16.9 Å². The number of aromatic nitrogens is 1. The number of halogens is 5. The molecule has 2 aromatic rings. The van der Waals surface area contributed by atoms with Gasteiger partial charge in [-0.15, -0.1) is 0 Å². The average molecular weight is 624 g/mol. The first-order valence-electron chi connectivity index (χ1n) is 14.4. The zero-order valence-electron chi connectivity index (χ0n) is 24.5. The van der Waals surface area contributed by atoms with E-state index < -0.39 is 65.8 Å². The molecule has 9 nitrogen and oxygen atoms in total. The van der Waals surface area contributed by atoms with Crippen LogP contribution in [0.2, 0.25) is 0 Å². The van der Waals surface area contributed by atoms with Gasteiger partial charge in [-0.05, 0) is 45.0 Å². The first kappa shape index (κ1) is 31.5. The third-order valence-corrected chi connectivity index (χ3v) is 8.55. The number of amides is 2. The maximum Gasteiger partial charge on any atom is 0.410 e. The molecule has 5 rings (SSSR count). The summed E-state index contributed by atoms with van der Waals surface area (Å²) >= 11 is 0. The van der Waals surface area contributed by atoms with E-state index in [1.165, 1.54) is 17.0 Å². The SMILES string of the molecule is C[C@@H]1CN(c2cc(F)c(C3=CCCN(C(=O)OC4CC(F)(F)C4)C3)cc2NC(=O)c2c[nH]c(=O)cc2C(F)F)C[C@H](C)N1C. The van der Waals surface area contributed by atoms with Crippen LogP contribution in [0.5, 0.6) is 0 Å². The fourth-order valence-corrected chi connectivity index (χ4v) is 5.83. The quantitative estimate of drug-likeness (QED) is 0.427. The highest BCUT2D eigenvalue weighted by Gasteiger charge is 2.48. The van der Waals surface area contributed by atoms with Crippen LogP contribution in [0.3, 0.4) is 0 Å². The number of aromatic amines is 1. The molecule has 0 spiro atoms. The fourth-order valence-electron chi connectivity index (χ4n) is 5.83. The molecule has 44 heavy (non-hydrogen) atoms. The largest absolute Gasteiger partial charge is 0.446 e. The van der Waals surface area contributed by atoms with Gasteiger partial charge < -0.3 is 24.8 Å². The van der Waals surface area contributed by atoms with E-state index >= 15 is 4.39 Å². The number of nitrogens with one attached hydrogen (secondary N) is 2. The highest BCUT2D eigenvalue weighted by Crippen LogP contribution is 2.40. The first-order valence-corrected chi connectivity index (χ1v) is 14.4. The number of nitrogens with zero attached hydrogens (tertiary/aromatic N) is 3. The van der Waals surface area contributed by atoms with Crippen LogP contribution in [0.4, 0.5) is 38.1 Å². The van der Waals surface area contributed by atoms with E-state index in [0.29, 0.717) is 36.8 Å². The smallest absolute Gasteiger partial charge is 0.410 e. The lowest BCUT2D eigenvalue weighted by Crippen LogP contribution is -2.55. The molecular weight excluding hydrogens is 589 g/mol. The third-order valence-electron chi connectivity index (χ3n) is 8.55. The molecule has 2 fully saturated rings. The Hall–Kier alpha value is -3.94. The number of hydrogen-bond donors (Lipinski definition) is 2. The number of alkyl halides is 4. The van der Waals surface area contributed by atoms with Gasteiger partial charge in [0.15, 0.2) is 0 Å². The molecular formula is C30H34F5N5O4. The van der Waals surface area contributed by atoms with E-state index in [1.54, 1.807) is 6.08 Å². The van der Waals surface area contributed by atoms with E-state index in [-0.39, 0.29) is 36.4 Å². The second-order valence-electron chi connectivity index (χ2n) is 11.7.